The summed E-state index contributed by atoms with van der Waals surface area (Å²) >= 11 is 0. The Morgan fingerprint density at radius 1 is 1.54 bits per heavy atom. The molecule has 1 aliphatic heterocycles. The van der Waals surface area contributed by atoms with E-state index in [4.69, 9.17) is 4.74 Å². The largest absolute Gasteiger partial charge is 0.368 e. The SMILES string of the molecule is O=C(Nn1cnnc1)C1CCCO1. The molecule has 0 spiro atoms. The van der Waals surface area contributed by atoms with Crippen LogP contribution in [0, 0.1) is 0 Å². The molecule has 1 unspecified atom stereocenters. The van der Waals surface area contributed by atoms with Crippen molar-refractivity contribution in [1.29, 1.82) is 0 Å². The summed E-state index contributed by atoms with van der Waals surface area (Å²) in [4.78, 5) is 11.4. The molecule has 6 heteroatoms. The minimum Gasteiger partial charge on any atom is -0.368 e. The first kappa shape index (κ1) is 8.18. The predicted octanol–water partition coefficient (Wildman–Crippen LogP) is -0.473. The molecule has 0 radical (unpaired) electrons. The zero-order chi connectivity index (χ0) is 9.10. The van der Waals surface area contributed by atoms with Gasteiger partial charge in [-0.25, -0.2) is 4.68 Å². The van der Waals surface area contributed by atoms with Crippen molar-refractivity contribution in [3.63, 3.8) is 0 Å². The molecule has 1 aromatic heterocycles. The van der Waals surface area contributed by atoms with Gasteiger partial charge in [-0.2, -0.15) is 0 Å². The summed E-state index contributed by atoms with van der Waals surface area (Å²) in [6.45, 7) is 0.667. The Morgan fingerprint density at radius 3 is 2.92 bits per heavy atom. The van der Waals surface area contributed by atoms with Crippen LogP contribution in [-0.2, 0) is 9.53 Å². The number of amides is 1. The maximum atomic E-state index is 11.4. The molecule has 2 heterocycles. The van der Waals surface area contributed by atoms with Crippen molar-refractivity contribution in [3.05, 3.63) is 12.7 Å². The zero-order valence-corrected chi connectivity index (χ0v) is 7.01. The zero-order valence-electron chi connectivity index (χ0n) is 7.01. The number of nitrogens with one attached hydrogen (secondary N) is 1. The van der Waals surface area contributed by atoms with Gasteiger partial charge in [0.15, 0.2) is 0 Å². The molecular formula is C7H10N4O2. The molecule has 1 saturated heterocycles. The highest BCUT2D eigenvalue weighted by Crippen LogP contribution is 2.11. The number of ether oxygens (including phenoxy) is 1. The molecule has 0 saturated carbocycles. The Hall–Kier alpha value is -1.43. The van der Waals surface area contributed by atoms with Crippen molar-refractivity contribution in [2.45, 2.75) is 18.9 Å². The Bertz CT molecular complexity index is 279. The van der Waals surface area contributed by atoms with Crippen LogP contribution < -0.4 is 5.43 Å². The molecule has 0 aliphatic carbocycles. The van der Waals surface area contributed by atoms with Gasteiger partial charge in [0.2, 0.25) is 0 Å². The van der Waals surface area contributed by atoms with Gasteiger partial charge in [0.1, 0.15) is 18.8 Å². The monoisotopic (exact) mass is 182 g/mol. The Labute approximate surface area is 74.9 Å². The summed E-state index contributed by atoms with van der Waals surface area (Å²) < 4.78 is 6.60. The Kier molecular flexibility index (Phi) is 2.22. The predicted molar refractivity (Wildman–Crippen MR) is 43.4 cm³/mol. The standard InChI is InChI=1S/C7H10N4O2/c12-7(6-2-1-3-13-6)10-11-4-8-9-5-11/h4-6H,1-3H2,(H,10,12). The van der Waals surface area contributed by atoms with Gasteiger partial charge in [0.25, 0.3) is 5.91 Å². The summed E-state index contributed by atoms with van der Waals surface area (Å²) in [5.74, 6) is -0.141. The van der Waals surface area contributed by atoms with Crippen molar-refractivity contribution < 1.29 is 9.53 Å². The Balaban J connectivity index is 1.91. The molecular weight excluding hydrogens is 172 g/mol. The molecule has 70 valence electrons. The maximum Gasteiger partial charge on any atom is 0.267 e. The van der Waals surface area contributed by atoms with E-state index < -0.39 is 0 Å². The van der Waals surface area contributed by atoms with Crippen LogP contribution in [-0.4, -0.2) is 33.5 Å². The molecule has 13 heavy (non-hydrogen) atoms. The summed E-state index contributed by atoms with van der Waals surface area (Å²) in [6.07, 6.45) is 4.26. The van der Waals surface area contributed by atoms with Gasteiger partial charge in [-0.05, 0) is 12.8 Å². The van der Waals surface area contributed by atoms with Crippen LogP contribution in [0.4, 0.5) is 0 Å². The number of rotatable bonds is 2. The first-order chi connectivity index (χ1) is 6.36. The topological polar surface area (TPSA) is 69.0 Å². The summed E-state index contributed by atoms with van der Waals surface area (Å²) in [6, 6.07) is 0. The summed E-state index contributed by atoms with van der Waals surface area (Å²) in [5, 5.41) is 7.12. The van der Waals surface area contributed by atoms with Gasteiger partial charge in [0.05, 0.1) is 0 Å². The molecule has 1 aliphatic rings. The van der Waals surface area contributed by atoms with E-state index in [1.165, 1.54) is 17.3 Å². The lowest BCUT2D eigenvalue weighted by atomic mass is 10.2. The van der Waals surface area contributed by atoms with Crippen LogP contribution in [0.1, 0.15) is 12.8 Å². The molecule has 2 rings (SSSR count). The van der Waals surface area contributed by atoms with Crippen LogP contribution in [0.15, 0.2) is 12.7 Å². The van der Waals surface area contributed by atoms with E-state index in [0.717, 1.165) is 12.8 Å². The second-order valence-electron chi connectivity index (χ2n) is 2.85. The van der Waals surface area contributed by atoms with Crippen molar-refractivity contribution in [2.24, 2.45) is 0 Å². The number of carbonyl (C=O) groups is 1. The lowest BCUT2D eigenvalue weighted by Gasteiger charge is -2.09. The van der Waals surface area contributed by atoms with E-state index in [9.17, 15) is 4.79 Å². The fourth-order valence-corrected chi connectivity index (χ4v) is 1.24. The van der Waals surface area contributed by atoms with Crippen LogP contribution >= 0.6 is 0 Å². The fourth-order valence-electron chi connectivity index (χ4n) is 1.24. The van der Waals surface area contributed by atoms with Crippen LogP contribution in [0.3, 0.4) is 0 Å². The average molecular weight is 182 g/mol. The van der Waals surface area contributed by atoms with Crippen molar-refractivity contribution >= 4 is 5.91 Å². The highest BCUT2D eigenvalue weighted by molar-refractivity contribution is 5.88. The van der Waals surface area contributed by atoms with Gasteiger partial charge in [-0.3, -0.25) is 10.2 Å². The number of hydrogen-bond acceptors (Lipinski definition) is 4. The number of nitrogens with zero attached hydrogens (tertiary/aromatic N) is 3. The van der Waals surface area contributed by atoms with Gasteiger partial charge in [-0.1, -0.05) is 0 Å². The quantitative estimate of drug-likeness (QED) is 0.671. The Morgan fingerprint density at radius 2 is 2.31 bits per heavy atom. The summed E-state index contributed by atoms with van der Waals surface area (Å²) in [5.41, 5.74) is 2.59. The van der Waals surface area contributed by atoms with Gasteiger partial charge < -0.3 is 4.74 Å². The number of aromatic nitrogens is 3. The van der Waals surface area contributed by atoms with E-state index in [0.29, 0.717) is 6.61 Å². The molecule has 1 amide bonds. The van der Waals surface area contributed by atoms with Crippen molar-refractivity contribution in [2.75, 3.05) is 12.0 Å². The van der Waals surface area contributed by atoms with Gasteiger partial charge in [-0.15, -0.1) is 10.2 Å². The lowest BCUT2D eigenvalue weighted by Crippen LogP contribution is -2.32. The first-order valence-electron chi connectivity index (χ1n) is 4.13. The lowest BCUT2D eigenvalue weighted by molar-refractivity contribution is -0.125. The molecule has 1 fully saturated rings. The molecule has 0 bridgehead atoms. The minimum absolute atomic E-state index is 0.141. The molecule has 1 atom stereocenters. The number of hydrogen-bond donors (Lipinski definition) is 1. The van der Waals surface area contributed by atoms with E-state index in [1.54, 1.807) is 0 Å². The maximum absolute atomic E-state index is 11.4. The highest BCUT2D eigenvalue weighted by atomic mass is 16.5. The number of carbonyl (C=O) groups excluding carboxylic acids is 1. The molecule has 6 nitrogen and oxygen atoms in total. The van der Waals surface area contributed by atoms with Crippen LogP contribution in [0.2, 0.25) is 0 Å². The molecule has 1 aromatic rings. The van der Waals surface area contributed by atoms with E-state index >= 15 is 0 Å². The van der Waals surface area contributed by atoms with E-state index in [-0.39, 0.29) is 12.0 Å². The minimum atomic E-state index is -0.317. The third-order valence-electron chi connectivity index (χ3n) is 1.88. The van der Waals surface area contributed by atoms with E-state index in [1.807, 2.05) is 0 Å². The first-order valence-corrected chi connectivity index (χ1v) is 4.13. The van der Waals surface area contributed by atoms with Gasteiger partial charge >= 0.3 is 0 Å². The third kappa shape index (κ3) is 1.83. The van der Waals surface area contributed by atoms with Crippen LogP contribution in [0.5, 0.6) is 0 Å². The fraction of sp³-hybridized carbons (Fsp3) is 0.571. The molecule has 0 aromatic carbocycles. The second-order valence-corrected chi connectivity index (χ2v) is 2.85. The normalized spacial score (nSPS) is 21.7. The smallest absolute Gasteiger partial charge is 0.267 e. The molecule has 1 N–H and O–H groups in total. The van der Waals surface area contributed by atoms with Gasteiger partial charge in [0, 0.05) is 6.61 Å². The second kappa shape index (κ2) is 3.53. The van der Waals surface area contributed by atoms with Crippen molar-refractivity contribution in [1.82, 2.24) is 14.9 Å². The highest BCUT2D eigenvalue weighted by Gasteiger charge is 2.23. The third-order valence-corrected chi connectivity index (χ3v) is 1.88. The van der Waals surface area contributed by atoms with Crippen LogP contribution in [0.25, 0.3) is 0 Å². The van der Waals surface area contributed by atoms with E-state index in [2.05, 4.69) is 15.6 Å². The summed E-state index contributed by atoms with van der Waals surface area (Å²) in [7, 11) is 0. The van der Waals surface area contributed by atoms with Crippen molar-refractivity contribution in [3.8, 4) is 0 Å². The average Bonchev–Trinajstić information content (AvgIpc) is 2.74.